The van der Waals surface area contributed by atoms with E-state index >= 15 is 0 Å². The molecule has 0 spiro atoms. The zero-order valence-electron chi connectivity index (χ0n) is 73.4. The van der Waals surface area contributed by atoms with Crippen molar-refractivity contribution >= 4 is 57.4 Å². The molecule has 11 aromatic rings. The van der Waals surface area contributed by atoms with Crippen molar-refractivity contribution in [3.8, 4) is 0 Å². The Morgan fingerprint density at radius 1 is 0.532 bits per heavy atom. The highest BCUT2D eigenvalue weighted by atomic mass is 32.2. The maximum absolute atomic E-state index is 12.8. The summed E-state index contributed by atoms with van der Waals surface area (Å²) in [5.41, 5.74) is 25.3. The number of benzene rings is 8. The van der Waals surface area contributed by atoms with Crippen LogP contribution in [0.25, 0.3) is 11.6 Å². The number of ketones is 1. The molecule has 5 heterocycles. The molecule has 1 atom stereocenters. The molecule has 17 rings (SSSR count). The Morgan fingerprint density at radius 3 is 1.59 bits per heavy atom. The van der Waals surface area contributed by atoms with Crippen LogP contribution in [0.1, 0.15) is 237 Å². The van der Waals surface area contributed by atoms with E-state index in [4.69, 9.17) is 0 Å². The maximum Gasteiger partial charge on any atom is 0.248 e. The highest BCUT2D eigenvalue weighted by Crippen LogP contribution is 2.55. The number of aliphatic imine (C=N–C) groups is 2. The van der Waals surface area contributed by atoms with Gasteiger partial charge in [-0.15, -0.1) is 0 Å². The van der Waals surface area contributed by atoms with Crippen molar-refractivity contribution in [2.45, 2.75) is 204 Å². The predicted octanol–water partition coefficient (Wildman–Crippen LogP) is 21.7. The average Bonchev–Trinajstić information content (AvgIpc) is 1.26. The highest BCUT2D eigenvalue weighted by Gasteiger charge is 2.45. The van der Waals surface area contributed by atoms with E-state index in [2.05, 4.69) is 229 Å². The van der Waals surface area contributed by atoms with Crippen LogP contribution in [0.2, 0.25) is 0 Å². The van der Waals surface area contributed by atoms with Crippen molar-refractivity contribution < 1.29 is 22.8 Å². The van der Waals surface area contributed by atoms with Gasteiger partial charge in [-0.2, -0.15) is 0 Å². The van der Waals surface area contributed by atoms with Crippen molar-refractivity contribution in [3.05, 3.63) is 362 Å². The molecule has 644 valence electrons. The minimum atomic E-state index is -3.42. The summed E-state index contributed by atoms with van der Waals surface area (Å²) < 4.78 is 27.2. The smallest absolute Gasteiger partial charge is 0.248 e. The van der Waals surface area contributed by atoms with Crippen LogP contribution in [0.15, 0.2) is 282 Å². The SMILES string of the molecule is C/C(=C\C(=O)Nc1ccc(C)cc1)c1ccc(Cc2cnc[nH]2)cc1.C1=NC(CCCCNCC2CC3c4ccccc4C2c2ccccc23)=CC1.CC(C)(C)c1ccc(S(=O)(=O)NCCCCC2=CCC=N2)cc1.Cc1ccc(C2(C(=O)CCCCCc3cnc[nH]3)CCC2)cc1.Cc1ccc(CCNC(=O)/C=C/c2ccc(Cc3cnc[nH]3)cc2)cc1. The molecule has 1 saturated carbocycles. The van der Waals surface area contributed by atoms with Gasteiger partial charge in [0.15, 0.2) is 0 Å². The molecule has 6 aliphatic rings. The normalized spacial score (nSPS) is 15.7. The van der Waals surface area contributed by atoms with Gasteiger partial charge in [0.2, 0.25) is 21.8 Å². The van der Waals surface area contributed by atoms with E-state index in [9.17, 15) is 22.8 Å². The summed E-state index contributed by atoms with van der Waals surface area (Å²) in [4.78, 5) is 67.3. The highest BCUT2D eigenvalue weighted by molar-refractivity contribution is 7.89. The molecule has 8 aromatic carbocycles. The number of nitrogens with one attached hydrogen (secondary N) is 7. The molecule has 1 unspecified atom stereocenters. The summed E-state index contributed by atoms with van der Waals surface area (Å²) in [5.74, 6) is 2.12. The molecule has 7 N–H and O–H groups in total. The van der Waals surface area contributed by atoms with Crippen LogP contribution in [0.3, 0.4) is 0 Å². The van der Waals surface area contributed by atoms with Crippen molar-refractivity contribution in [1.29, 1.82) is 0 Å². The van der Waals surface area contributed by atoms with Crippen molar-refractivity contribution in [2.75, 3.05) is 31.5 Å². The Morgan fingerprint density at radius 2 is 1.06 bits per heavy atom. The number of hydrogen-bond acceptors (Lipinski definition) is 11. The number of sulfonamides is 1. The average molecular weight is 1680 g/mol. The van der Waals surface area contributed by atoms with E-state index in [0.717, 1.165) is 161 Å². The molecule has 2 bridgehead atoms. The zero-order valence-corrected chi connectivity index (χ0v) is 74.2. The molecule has 0 saturated heterocycles. The number of anilines is 1. The first-order valence-electron chi connectivity index (χ1n) is 44.4. The lowest BCUT2D eigenvalue weighted by molar-refractivity contribution is -0.127. The van der Waals surface area contributed by atoms with Gasteiger partial charge in [-0.25, -0.2) is 28.1 Å². The molecular weight excluding hydrogens is 1550 g/mol. The van der Waals surface area contributed by atoms with Crippen LogP contribution in [0, 0.1) is 26.7 Å². The largest absolute Gasteiger partial charge is 0.352 e. The lowest BCUT2D eigenvalue weighted by Gasteiger charge is -2.45. The number of Topliss-reactive ketones (excluding diaryl/α,β-unsaturated/α-hetero) is 1. The van der Waals surface area contributed by atoms with E-state index in [1.807, 2.05) is 112 Å². The van der Waals surface area contributed by atoms with Crippen molar-refractivity contribution in [1.82, 2.24) is 45.3 Å². The fourth-order valence-electron chi connectivity index (χ4n) is 16.6. The predicted molar refractivity (Wildman–Crippen MR) is 506 cm³/mol. The Hall–Kier alpha value is -11.8. The number of H-pyrrole nitrogens is 3. The Balaban J connectivity index is 0.000000142. The summed E-state index contributed by atoms with van der Waals surface area (Å²) in [7, 11) is -3.42. The van der Waals surface area contributed by atoms with Gasteiger partial charge in [-0.3, -0.25) is 24.4 Å². The van der Waals surface area contributed by atoms with E-state index in [0.29, 0.717) is 41.5 Å². The summed E-state index contributed by atoms with van der Waals surface area (Å²) in [6, 6.07) is 66.5. The van der Waals surface area contributed by atoms with Gasteiger partial charge in [0.1, 0.15) is 5.78 Å². The lowest BCUT2D eigenvalue weighted by Crippen LogP contribution is -2.42. The number of rotatable bonds is 34. The summed E-state index contributed by atoms with van der Waals surface area (Å²) >= 11 is 0. The number of allylic oxidation sites excluding steroid dienone is 5. The van der Waals surface area contributed by atoms with E-state index in [1.165, 1.54) is 76.0 Å². The van der Waals surface area contributed by atoms with Gasteiger partial charge in [0.25, 0.3) is 0 Å². The minimum Gasteiger partial charge on any atom is -0.352 e. The second-order valence-corrected chi connectivity index (χ2v) is 36.2. The number of fused-ring (bicyclic) bond motifs is 1. The number of nitrogens with zero attached hydrogens (tertiary/aromatic N) is 5. The van der Waals surface area contributed by atoms with Gasteiger partial charge in [0, 0.05) is 134 Å². The van der Waals surface area contributed by atoms with E-state index in [1.54, 1.807) is 65.5 Å². The first-order valence-corrected chi connectivity index (χ1v) is 45.9. The van der Waals surface area contributed by atoms with Crippen LogP contribution in [-0.2, 0) is 60.9 Å². The standard InChI is InChI=1S/C25H28N2.C22H23N3O.C21H21N3O.C20H26N2O.C18H26N2O2S/c1-3-12-22-20(10-1)24-16-18(25(22)23-13-4-2-11-21(23)24)17-26-14-6-5-8-19-9-7-15-27-19;1-17-2-4-19(5-3-17)12-13-24-22(26)11-10-18-6-8-20(9-7-18)14-21-15-23-16-25-21;1-15-3-9-19(10-4-15)24-21(25)11-16(2)18-7-5-17(6-8-18)12-20-13-22-14-23-20;1-16-8-10-17(11-9-16)20(12-5-13-20)19(23)7-4-2-3-6-18-14-21-15-22-18;1-18(2,3)15-9-11-17(12-10-15)23(21,22)20-14-5-4-7-16-8-6-13-19-16/h1-4,9-13,15,18,24-26H,5-8,14,16-17H2;2-11,15-16H,12-14H2,1H3,(H,23,25)(H,24,26);3-11,13-14H,12H2,1-2H3,(H,22,23)(H,24,25);8-11,14-15H,2-7,12-13H2,1H3,(H,21,22);8-13,20H,4-7,14H2,1-3H3/b;11-10+;16-11+;;. The molecule has 1 fully saturated rings. The topological polar surface area (TPSA) is 244 Å². The minimum absolute atomic E-state index is 0.0210. The van der Waals surface area contributed by atoms with Gasteiger partial charge < -0.3 is 30.9 Å². The van der Waals surface area contributed by atoms with Crippen molar-refractivity contribution in [3.63, 3.8) is 0 Å². The Kier molecular flexibility index (Phi) is 33.9. The van der Waals surface area contributed by atoms with Gasteiger partial charge in [-0.05, 0) is 233 Å². The van der Waals surface area contributed by atoms with Crippen LogP contribution < -0.4 is 20.7 Å². The number of hydrogen-bond donors (Lipinski definition) is 7. The molecule has 2 amide bonds. The van der Waals surface area contributed by atoms with Crippen molar-refractivity contribution in [2.24, 2.45) is 15.9 Å². The van der Waals surface area contributed by atoms with Gasteiger partial charge in [0.05, 0.1) is 29.3 Å². The number of imidazole rings is 3. The Labute approximate surface area is 735 Å². The van der Waals surface area contributed by atoms with E-state index < -0.39 is 10.0 Å². The molecule has 18 heteroatoms. The zero-order chi connectivity index (χ0) is 86.9. The van der Waals surface area contributed by atoms with E-state index in [-0.39, 0.29) is 22.6 Å². The number of aromatic amines is 3. The number of carbonyl (C=O) groups excluding carboxylic acids is 3. The number of carbonyl (C=O) groups is 3. The quantitative estimate of drug-likeness (QED) is 0.0150. The third-order valence-electron chi connectivity index (χ3n) is 23.9. The molecule has 124 heavy (non-hydrogen) atoms. The fourth-order valence-corrected chi connectivity index (χ4v) is 17.7. The molecule has 0 radical (unpaired) electrons. The number of aryl methyl sites for hydroxylation is 4. The van der Waals surface area contributed by atoms with Crippen LogP contribution in [0.5, 0.6) is 0 Å². The molecule has 4 aliphatic carbocycles. The third kappa shape index (κ3) is 27.6. The lowest BCUT2D eigenvalue weighted by atomic mass is 9.59. The third-order valence-corrected chi connectivity index (χ3v) is 25.4. The summed E-state index contributed by atoms with van der Waals surface area (Å²) in [6.07, 6.45) is 44.1. The number of amides is 2. The summed E-state index contributed by atoms with van der Waals surface area (Å²) in [6.45, 7) is 17.8. The summed E-state index contributed by atoms with van der Waals surface area (Å²) in [5, 5.41) is 9.57. The molecule has 3 aromatic heterocycles. The van der Waals surface area contributed by atoms with Gasteiger partial charge >= 0.3 is 0 Å². The first-order chi connectivity index (χ1) is 60.2. The fraction of sp³-hybridized carbons (Fsp3) is 0.340. The number of unbranched alkanes of at least 4 members (excludes halogenated alkanes) is 4. The Bertz CT molecular complexity index is 5440. The molecule has 2 aliphatic heterocycles. The van der Waals surface area contributed by atoms with Gasteiger partial charge in [-0.1, -0.05) is 232 Å². The maximum atomic E-state index is 12.8. The first kappa shape index (κ1) is 91.4. The molecule has 17 nitrogen and oxygen atoms in total. The number of aromatic nitrogens is 6. The van der Waals surface area contributed by atoms with Crippen LogP contribution in [0.4, 0.5) is 5.69 Å². The molecular formula is C106H124N12O5S. The van der Waals surface area contributed by atoms with Crippen LogP contribution in [-0.4, -0.2) is 94.5 Å². The second-order valence-electron chi connectivity index (χ2n) is 34.4. The van der Waals surface area contributed by atoms with Crippen LogP contribution >= 0.6 is 0 Å². The monoisotopic (exact) mass is 1680 g/mol. The second kappa shape index (κ2) is 46.1.